The fourth-order valence-electron chi connectivity index (χ4n) is 1.37. The van der Waals surface area contributed by atoms with Gasteiger partial charge >= 0.3 is 6.09 Å². The Bertz CT molecular complexity index is 447. The summed E-state index contributed by atoms with van der Waals surface area (Å²) in [5.74, 6) is 0. The molecule has 0 aliphatic rings. The van der Waals surface area contributed by atoms with Crippen molar-refractivity contribution in [2.45, 2.75) is 45.8 Å². The Kier molecular flexibility index (Phi) is 4.16. The second-order valence-corrected chi connectivity index (χ2v) is 6.35. The molecule has 1 N–H and O–H groups in total. The van der Waals surface area contributed by atoms with Crippen molar-refractivity contribution in [3.8, 4) is 0 Å². The number of aldehydes is 1. The number of hydrogen-bond acceptors (Lipinski definition) is 4. The summed E-state index contributed by atoms with van der Waals surface area (Å²) in [4.78, 5) is 23.8. The van der Waals surface area contributed by atoms with Crippen LogP contribution in [0.25, 0.3) is 0 Å². The van der Waals surface area contributed by atoms with E-state index >= 15 is 0 Å². The van der Waals surface area contributed by atoms with E-state index in [1.807, 2.05) is 18.4 Å². The zero-order valence-corrected chi connectivity index (χ0v) is 12.2. The fraction of sp³-hybridized carbons (Fsp3) is 0.538. The predicted octanol–water partition coefficient (Wildman–Crippen LogP) is 3.00. The van der Waals surface area contributed by atoms with Crippen LogP contribution >= 0.6 is 11.3 Å². The SMILES string of the molecule is Cc1csc(C(C)(C=O)NC(=O)OC(C)(C)C)c1. The Morgan fingerprint density at radius 1 is 1.39 bits per heavy atom. The van der Waals surface area contributed by atoms with Crippen LogP contribution in [-0.4, -0.2) is 18.0 Å². The second kappa shape index (κ2) is 5.10. The molecule has 0 aliphatic heterocycles. The first kappa shape index (κ1) is 14.7. The maximum atomic E-state index is 11.7. The van der Waals surface area contributed by atoms with Crippen molar-refractivity contribution in [2.75, 3.05) is 0 Å². The van der Waals surface area contributed by atoms with Gasteiger partial charge in [-0.1, -0.05) is 0 Å². The third-order valence-corrected chi connectivity index (χ3v) is 3.52. The molecule has 0 fully saturated rings. The molecule has 1 rings (SSSR count). The smallest absolute Gasteiger partial charge is 0.408 e. The van der Waals surface area contributed by atoms with Gasteiger partial charge in [0, 0.05) is 4.88 Å². The first-order valence-electron chi connectivity index (χ1n) is 5.69. The standard InChI is InChI=1S/C13H19NO3S/c1-9-6-10(18-7-9)13(5,8-15)14-11(16)17-12(2,3)4/h6-8H,1-5H3,(H,14,16). The highest BCUT2D eigenvalue weighted by Crippen LogP contribution is 2.26. The van der Waals surface area contributed by atoms with Crippen LogP contribution in [0.15, 0.2) is 11.4 Å². The molecule has 1 unspecified atom stereocenters. The lowest BCUT2D eigenvalue weighted by Gasteiger charge is -2.26. The van der Waals surface area contributed by atoms with E-state index in [9.17, 15) is 9.59 Å². The third-order valence-electron chi connectivity index (χ3n) is 2.24. The summed E-state index contributed by atoms with van der Waals surface area (Å²) in [6, 6.07) is 1.89. The minimum atomic E-state index is -1.04. The molecule has 1 aromatic heterocycles. The van der Waals surface area contributed by atoms with Gasteiger partial charge < -0.3 is 14.8 Å². The first-order chi connectivity index (χ1) is 8.16. The van der Waals surface area contributed by atoms with Crippen LogP contribution in [0.4, 0.5) is 4.79 Å². The second-order valence-electron chi connectivity index (χ2n) is 5.44. The summed E-state index contributed by atoms with van der Waals surface area (Å²) in [5, 5.41) is 4.55. The number of carbonyl (C=O) groups is 2. The van der Waals surface area contributed by atoms with Crippen LogP contribution in [0.5, 0.6) is 0 Å². The van der Waals surface area contributed by atoms with E-state index in [2.05, 4.69) is 5.32 Å². The summed E-state index contributed by atoms with van der Waals surface area (Å²) in [7, 11) is 0. The molecule has 4 nitrogen and oxygen atoms in total. The zero-order valence-electron chi connectivity index (χ0n) is 11.4. The minimum Gasteiger partial charge on any atom is -0.444 e. The van der Waals surface area contributed by atoms with Crippen molar-refractivity contribution in [1.29, 1.82) is 0 Å². The molecule has 0 aliphatic carbocycles. The summed E-state index contributed by atoms with van der Waals surface area (Å²) in [6.45, 7) is 8.94. The highest BCUT2D eigenvalue weighted by Gasteiger charge is 2.31. The van der Waals surface area contributed by atoms with Crippen molar-refractivity contribution >= 4 is 23.7 Å². The molecule has 0 radical (unpaired) electrons. The van der Waals surface area contributed by atoms with E-state index in [0.717, 1.165) is 16.7 Å². The molecule has 0 aromatic carbocycles. The predicted molar refractivity (Wildman–Crippen MR) is 71.8 cm³/mol. The molecule has 1 aromatic rings. The maximum absolute atomic E-state index is 11.7. The number of thiophene rings is 1. The van der Waals surface area contributed by atoms with Crippen LogP contribution < -0.4 is 5.32 Å². The quantitative estimate of drug-likeness (QED) is 0.858. The molecule has 0 spiro atoms. The van der Waals surface area contributed by atoms with Crippen LogP contribution in [0, 0.1) is 6.92 Å². The normalized spacial score (nSPS) is 14.7. The average Bonchev–Trinajstić information content (AvgIpc) is 2.62. The molecular weight excluding hydrogens is 250 g/mol. The molecule has 0 bridgehead atoms. The number of rotatable bonds is 3. The molecule has 5 heteroatoms. The van der Waals surface area contributed by atoms with Gasteiger partial charge in [-0.2, -0.15) is 0 Å². The number of nitrogens with one attached hydrogen (secondary N) is 1. The number of carbonyl (C=O) groups excluding carboxylic acids is 2. The molecule has 0 saturated heterocycles. The zero-order chi connectivity index (χ0) is 14.0. The third kappa shape index (κ3) is 3.84. The van der Waals surface area contributed by atoms with Crippen molar-refractivity contribution in [3.05, 3.63) is 21.9 Å². The topological polar surface area (TPSA) is 55.4 Å². The summed E-state index contributed by atoms with van der Waals surface area (Å²) in [6.07, 6.45) is 0.130. The Morgan fingerprint density at radius 3 is 2.39 bits per heavy atom. The lowest BCUT2D eigenvalue weighted by molar-refractivity contribution is -0.113. The van der Waals surface area contributed by atoms with E-state index < -0.39 is 17.2 Å². The lowest BCUT2D eigenvalue weighted by atomic mass is 10.0. The van der Waals surface area contributed by atoms with Crippen molar-refractivity contribution in [1.82, 2.24) is 5.32 Å². The fourth-order valence-corrected chi connectivity index (χ4v) is 2.35. The molecular formula is C13H19NO3S. The van der Waals surface area contributed by atoms with Gasteiger partial charge in [0.05, 0.1) is 0 Å². The van der Waals surface area contributed by atoms with E-state index in [4.69, 9.17) is 4.74 Å². The van der Waals surface area contributed by atoms with Crippen LogP contribution in [0.2, 0.25) is 0 Å². The number of amides is 1. The van der Waals surface area contributed by atoms with Gasteiger partial charge in [0.15, 0.2) is 6.29 Å². The van der Waals surface area contributed by atoms with Gasteiger partial charge in [0.1, 0.15) is 11.1 Å². The molecule has 1 amide bonds. The van der Waals surface area contributed by atoms with Gasteiger partial charge in [0.2, 0.25) is 0 Å². The minimum absolute atomic E-state index is 0.584. The lowest BCUT2D eigenvalue weighted by Crippen LogP contribution is -2.46. The van der Waals surface area contributed by atoms with Crippen LogP contribution in [0.1, 0.15) is 38.1 Å². The Labute approximate surface area is 111 Å². The highest BCUT2D eigenvalue weighted by molar-refractivity contribution is 7.10. The van der Waals surface area contributed by atoms with Crippen molar-refractivity contribution < 1.29 is 14.3 Å². The van der Waals surface area contributed by atoms with Crippen LogP contribution in [0.3, 0.4) is 0 Å². The van der Waals surface area contributed by atoms with E-state index in [-0.39, 0.29) is 0 Å². The first-order valence-corrected chi connectivity index (χ1v) is 6.57. The highest BCUT2D eigenvalue weighted by atomic mass is 32.1. The van der Waals surface area contributed by atoms with Gasteiger partial charge in [-0.05, 0) is 51.6 Å². The molecule has 1 atom stereocenters. The van der Waals surface area contributed by atoms with Gasteiger partial charge in [-0.3, -0.25) is 0 Å². The Morgan fingerprint density at radius 2 is 2.00 bits per heavy atom. The number of aryl methyl sites for hydroxylation is 1. The maximum Gasteiger partial charge on any atom is 0.408 e. The van der Waals surface area contributed by atoms with Gasteiger partial charge in [-0.25, -0.2) is 4.79 Å². The molecule has 18 heavy (non-hydrogen) atoms. The van der Waals surface area contributed by atoms with Gasteiger partial charge in [-0.15, -0.1) is 11.3 Å². The summed E-state index contributed by atoms with van der Waals surface area (Å²) >= 11 is 1.44. The van der Waals surface area contributed by atoms with Crippen molar-refractivity contribution in [2.24, 2.45) is 0 Å². The van der Waals surface area contributed by atoms with Gasteiger partial charge in [0.25, 0.3) is 0 Å². The van der Waals surface area contributed by atoms with Crippen molar-refractivity contribution in [3.63, 3.8) is 0 Å². The Balaban J connectivity index is 2.84. The number of hydrogen-bond donors (Lipinski definition) is 1. The summed E-state index contributed by atoms with van der Waals surface area (Å²) < 4.78 is 5.16. The van der Waals surface area contributed by atoms with E-state index in [1.165, 1.54) is 11.3 Å². The Hall–Kier alpha value is -1.36. The van der Waals surface area contributed by atoms with E-state index in [0.29, 0.717) is 0 Å². The van der Waals surface area contributed by atoms with Crippen LogP contribution in [-0.2, 0) is 15.1 Å². The number of ether oxygens (including phenoxy) is 1. The molecule has 1 heterocycles. The van der Waals surface area contributed by atoms with E-state index in [1.54, 1.807) is 27.7 Å². The summed E-state index contributed by atoms with van der Waals surface area (Å²) in [5.41, 5.74) is -0.561. The monoisotopic (exact) mass is 269 g/mol. The largest absolute Gasteiger partial charge is 0.444 e. The molecule has 100 valence electrons. The molecule has 0 saturated carbocycles. The number of alkyl carbamates (subject to hydrolysis) is 1. The average molecular weight is 269 g/mol.